The summed E-state index contributed by atoms with van der Waals surface area (Å²) in [4.78, 5) is 35.9. The topological polar surface area (TPSA) is 125 Å². The van der Waals surface area contributed by atoms with Crippen LogP contribution in [-0.2, 0) is 27.4 Å². The fourth-order valence-electron chi connectivity index (χ4n) is 2.51. The molecule has 0 radical (unpaired) electrons. The van der Waals surface area contributed by atoms with E-state index in [1.54, 1.807) is 42.5 Å². The Hall–Kier alpha value is -2.81. The molecule has 0 heterocycles. The molecule has 2 rings (SSSR count). The van der Waals surface area contributed by atoms with Gasteiger partial charge in [0, 0.05) is 16.5 Å². The van der Waals surface area contributed by atoms with Crippen LogP contribution in [0.25, 0.3) is 0 Å². The third-order valence-electron chi connectivity index (χ3n) is 4.09. The summed E-state index contributed by atoms with van der Waals surface area (Å²) in [6.07, 6.45) is -1.12. The fourth-order valence-corrected chi connectivity index (χ4v) is 3.06. The minimum atomic E-state index is -1.41. The fraction of sp³-hybridized carbons (Fsp3) is 0.250. The zero-order chi connectivity index (χ0) is 22.1. The lowest BCUT2D eigenvalue weighted by molar-refractivity contribution is -0.142. The van der Waals surface area contributed by atoms with E-state index in [9.17, 15) is 24.6 Å². The van der Waals surface area contributed by atoms with E-state index in [-0.39, 0.29) is 23.1 Å². The second kappa shape index (κ2) is 11.4. The largest absolute Gasteiger partial charge is 0.480 e. The van der Waals surface area contributed by atoms with Crippen molar-refractivity contribution in [3.05, 3.63) is 69.7 Å². The van der Waals surface area contributed by atoms with Crippen molar-refractivity contribution in [2.45, 2.75) is 25.1 Å². The summed E-state index contributed by atoms with van der Waals surface area (Å²) in [7, 11) is 0. The van der Waals surface area contributed by atoms with Crippen molar-refractivity contribution in [3.63, 3.8) is 0 Å². The first kappa shape index (κ1) is 23.5. The van der Waals surface area contributed by atoms with E-state index in [4.69, 9.17) is 27.9 Å². The number of aliphatic carboxylic acids is 1. The van der Waals surface area contributed by atoms with Crippen LogP contribution in [0.2, 0.25) is 10.0 Å². The van der Waals surface area contributed by atoms with Crippen molar-refractivity contribution >= 4 is 41.2 Å². The normalized spacial score (nSPS) is 12.5. The van der Waals surface area contributed by atoms with E-state index in [0.29, 0.717) is 5.56 Å². The van der Waals surface area contributed by atoms with Crippen molar-refractivity contribution in [2.24, 2.45) is 0 Å². The lowest BCUT2D eigenvalue weighted by Gasteiger charge is -2.20. The van der Waals surface area contributed by atoms with E-state index in [1.807, 2.05) is 6.07 Å². The number of carboxylic acids is 1. The highest BCUT2D eigenvalue weighted by atomic mass is 35.5. The zero-order valence-electron chi connectivity index (χ0n) is 15.7. The van der Waals surface area contributed by atoms with Crippen LogP contribution in [0.4, 0.5) is 4.79 Å². The molecule has 0 unspecified atom stereocenters. The second-order valence-electron chi connectivity index (χ2n) is 6.24. The number of aliphatic hydroxyl groups excluding tert-OH is 1. The molecule has 2 atom stereocenters. The highest BCUT2D eigenvalue weighted by Crippen LogP contribution is 2.25. The smallest absolute Gasteiger partial charge is 0.408 e. The van der Waals surface area contributed by atoms with Crippen LogP contribution in [0.5, 0.6) is 0 Å². The number of amides is 2. The first-order valence-corrected chi connectivity index (χ1v) is 9.61. The van der Waals surface area contributed by atoms with Crippen molar-refractivity contribution in [1.29, 1.82) is 0 Å². The molecule has 30 heavy (non-hydrogen) atoms. The molecule has 2 aromatic rings. The highest BCUT2D eigenvalue weighted by molar-refractivity contribution is 6.36. The van der Waals surface area contributed by atoms with Gasteiger partial charge in [-0.25, -0.2) is 9.59 Å². The zero-order valence-corrected chi connectivity index (χ0v) is 17.2. The molecule has 160 valence electrons. The molecule has 10 heteroatoms. The Morgan fingerprint density at radius 3 is 2.13 bits per heavy atom. The van der Waals surface area contributed by atoms with E-state index in [0.717, 1.165) is 5.56 Å². The molecular weight excluding hydrogens is 435 g/mol. The molecule has 8 nitrogen and oxygen atoms in total. The Kier molecular flexibility index (Phi) is 8.91. The van der Waals surface area contributed by atoms with Gasteiger partial charge in [-0.05, 0) is 23.3 Å². The lowest BCUT2D eigenvalue weighted by atomic mass is 10.1. The maximum atomic E-state index is 12.4. The summed E-state index contributed by atoms with van der Waals surface area (Å²) in [6.45, 7) is -0.791. The Morgan fingerprint density at radius 2 is 1.57 bits per heavy atom. The number of nitrogens with one attached hydrogen (secondary N) is 2. The van der Waals surface area contributed by atoms with E-state index < -0.39 is 36.7 Å². The van der Waals surface area contributed by atoms with Gasteiger partial charge >= 0.3 is 12.1 Å². The van der Waals surface area contributed by atoms with Crippen molar-refractivity contribution in [1.82, 2.24) is 10.6 Å². The van der Waals surface area contributed by atoms with Gasteiger partial charge in [0.1, 0.15) is 18.7 Å². The van der Waals surface area contributed by atoms with Gasteiger partial charge in [0.2, 0.25) is 5.91 Å². The number of alkyl carbamates (subject to hydrolysis) is 1. The number of benzene rings is 2. The molecule has 0 aliphatic rings. The predicted octanol–water partition coefficient (Wildman–Crippen LogP) is 2.39. The Bertz CT molecular complexity index is 874. The number of carbonyl (C=O) groups excluding carboxylic acids is 2. The molecule has 0 aromatic heterocycles. The number of hydrogen-bond donors (Lipinski definition) is 4. The minimum Gasteiger partial charge on any atom is -0.480 e. The number of carbonyl (C=O) groups is 3. The predicted molar refractivity (Wildman–Crippen MR) is 110 cm³/mol. The molecule has 0 spiro atoms. The van der Waals surface area contributed by atoms with Gasteiger partial charge in [0.25, 0.3) is 0 Å². The van der Waals surface area contributed by atoms with Crippen molar-refractivity contribution in [2.75, 3.05) is 6.61 Å². The summed E-state index contributed by atoms with van der Waals surface area (Å²) in [6, 6.07) is 10.8. The molecule has 4 N–H and O–H groups in total. The summed E-state index contributed by atoms with van der Waals surface area (Å²) in [5, 5.41) is 23.8. The van der Waals surface area contributed by atoms with E-state index in [1.165, 1.54) is 0 Å². The number of carboxylic acid groups (broad SMARTS) is 1. The SMILES string of the molecule is O=C(N[C@@H](CO)C(=O)N[C@@H](Cc1c(Cl)cccc1Cl)C(=O)O)OCc1ccccc1. The summed E-state index contributed by atoms with van der Waals surface area (Å²) in [5.41, 5.74) is 1.09. The Balaban J connectivity index is 1.97. The number of hydrogen-bond acceptors (Lipinski definition) is 5. The van der Waals surface area contributed by atoms with Crippen LogP contribution < -0.4 is 10.6 Å². The van der Waals surface area contributed by atoms with Gasteiger partial charge in [0.15, 0.2) is 0 Å². The van der Waals surface area contributed by atoms with Crippen LogP contribution in [0.3, 0.4) is 0 Å². The average Bonchev–Trinajstić information content (AvgIpc) is 2.72. The molecular formula is C20H20Cl2N2O6. The van der Waals surface area contributed by atoms with Gasteiger partial charge in [0.05, 0.1) is 6.61 Å². The molecule has 0 fully saturated rings. The average molecular weight is 455 g/mol. The van der Waals surface area contributed by atoms with Gasteiger partial charge in [-0.2, -0.15) is 0 Å². The van der Waals surface area contributed by atoms with Crippen molar-refractivity contribution in [3.8, 4) is 0 Å². The number of aliphatic hydroxyl groups is 1. The van der Waals surface area contributed by atoms with Gasteiger partial charge < -0.3 is 25.6 Å². The van der Waals surface area contributed by atoms with Gasteiger partial charge in [-0.3, -0.25) is 4.79 Å². The van der Waals surface area contributed by atoms with Crippen LogP contribution in [0, 0.1) is 0 Å². The maximum absolute atomic E-state index is 12.4. The van der Waals surface area contributed by atoms with Crippen LogP contribution >= 0.6 is 23.2 Å². The summed E-state index contributed by atoms with van der Waals surface area (Å²) < 4.78 is 5.00. The number of rotatable bonds is 9. The first-order chi connectivity index (χ1) is 14.3. The van der Waals surface area contributed by atoms with Crippen LogP contribution in [-0.4, -0.2) is 46.9 Å². The first-order valence-electron chi connectivity index (χ1n) is 8.86. The van der Waals surface area contributed by atoms with E-state index >= 15 is 0 Å². The van der Waals surface area contributed by atoms with Crippen molar-refractivity contribution < 1.29 is 29.3 Å². The Labute approximate surface area is 182 Å². The van der Waals surface area contributed by atoms with Gasteiger partial charge in [-0.15, -0.1) is 0 Å². The standard InChI is InChI=1S/C20H20Cl2N2O6/c21-14-7-4-8-15(22)13(14)9-16(19(27)28)23-18(26)17(10-25)24-20(29)30-11-12-5-2-1-3-6-12/h1-8,16-17,25H,9-11H2,(H,23,26)(H,24,29)(H,27,28)/t16-,17-/m0/s1. The minimum absolute atomic E-state index is 0.0325. The molecule has 0 saturated heterocycles. The molecule has 0 aliphatic carbocycles. The summed E-state index contributed by atoms with van der Waals surface area (Å²) >= 11 is 12.1. The Morgan fingerprint density at radius 1 is 0.933 bits per heavy atom. The molecule has 0 aliphatic heterocycles. The monoisotopic (exact) mass is 454 g/mol. The lowest BCUT2D eigenvalue weighted by Crippen LogP contribution is -2.53. The molecule has 2 amide bonds. The van der Waals surface area contributed by atoms with Gasteiger partial charge in [-0.1, -0.05) is 59.6 Å². The number of ether oxygens (including phenoxy) is 1. The van der Waals surface area contributed by atoms with E-state index in [2.05, 4.69) is 10.6 Å². The molecule has 0 bridgehead atoms. The molecule has 0 saturated carbocycles. The highest BCUT2D eigenvalue weighted by Gasteiger charge is 2.27. The third-order valence-corrected chi connectivity index (χ3v) is 4.80. The van der Waals surface area contributed by atoms with Crippen LogP contribution in [0.15, 0.2) is 48.5 Å². The molecule has 2 aromatic carbocycles. The third kappa shape index (κ3) is 6.91. The second-order valence-corrected chi connectivity index (χ2v) is 7.06. The number of halogens is 2. The summed E-state index contributed by atoms with van der Waals surface area (Å²) in [5.74, 6) is -2.23. The quantitative estimate of drug-likeness (QED) is 0.460. The van der Waals surface area contributed by atoms with Crippen LogP contribution in [0.1, 0.15) is 11.1 Å². The maximum Gasteiger partial charge on any atom is 0.408 e.